The summed E-state index contributed by atoms with van der Waals surface area (Å²) in [4.78, 5) is 4.73. The maximum absolute atomic E-state index is 2.44. The molecule has 10 aromatic rings. The Kier molecular flexibility index (Phi) is 8.25. The summed E-state index contributed by atoms with van der Waals surface area (Å²) in [6.45, 7) is 0. The van der Waals surface area contributed by atoms with Gasteiger partial charge in [-0.1, -0.05) is 121 Å². The Hall–Kier alpha value is -7.56. The number of aromatic nitrogens is 2. The van der Waals surface area contributed by atoms with Crippen molar-refractivity contribution in [3.8, 4) is 11.4 Å². The summed E-state index contributed by atoms with van der Waals surface area (Å²) < 4.78 is 4.88. The molecule has 0 fully saturated rings. The van der Waals surface area contributed by atoms with Crippen LogP contribution in [0.1, 0.15) is 12.8 Å². The van der Waals surface area contributed by atoms with Crippen molar-refractivity contribution in [3.05, 3.63) is 224 Å². The molecule has 2 aromatic heterocycles. The summed E-state index contributed by atoms with van der Waals surface area (Å²) in [5.74, 6) is 0. The summed E-state index contributed by atoms with van der Waals surface area (Å²) in [7, 11) is 0. The van der Waals surface area contributed by atoms with Crippen LogP contribution in [0.15, 0.2) is 224 Å². The molecule has 0 bridgehead atoms. The van der Waals surface area contributed by atoms with Crippen LogP contribution in [0.4, 0.5) is 28.4 Å². The van der Waals surface area contributed by atoms with Crippen molar-refractivity contribution >= 4 is 72.0 Å². The predicted octanol–water partition coefficient (Wildman–Crippen LogP) is 14.7. The van der Waals surface area contributed by atoms with Crippen molar-refractivity contribution in [3.63, 3.8) is 0 Å². The van der Waals surface area contributed by atoms with Crippen LogP contribution in [0.2, 0.25) is 0 Å². The molecule has 4 heteroatoms. The third-order valence-corrected chi connectivity index (χ3v) is 11.5. The summed E-state index contributed by atoms with van der Waals surface area (Å²) in [6.07, 6.45) is 9.00. The van der Waals surface area contributed by atoms with Gasteiger partial charge in [-0.05, 0) is 110 Å². The van der Waals surface area contributed by atoms with E-state index in [0.29, 0.717) is 0 Å². The minimum absolute atomic E-state index is 1.03. The van der Waals surface area contributed by atoms with E-state index < -0.39 is 0 Å². The second-order valence-corrected chi connectivity index (χ2v) is 14.9. The first-order valence-corrected chi connectivity index (χ1v) is 20.1. The fourth-order valence-electron chi connectivity index (χ4n) is 8.91. The molecule has 0 spiro atoms. The van der Waals surface area contributed by atoms with Crippen LogP contribution in [0.5, 0.6) is 0 Å². The van der Waals surface area contributed by atoms with Gasteiger partial charge in [0.2, 0.25) is 0 Å². The Balaban J connectivity index is 1.11. The average Bonchev–Trinajstić information content (AvgIpc) is 3.80. The molecule has 0 saturated carbocycles. The number of anilines is 5. The first-order valence-electron chi connectivity index (χ1n) is 20.1. The van der Waals surface area contributed by atoms with E-state index in [9.17, 15) is 0 Å². The minimum atomic E-state index is 1.03. The topological polar surface area (TPSA) is 16.3 Å². The molecule has 4 nitrogen and oxygen atoms in total. The molecule has 11 rings (SSSR count). The summed E-state index contributed by atoms with van der Waals surface area (Å²) in [6, 6.07) is 72.4. The molecule has 2 heterocycles. The Morgan fingerprint density at radius 2 is 0.776 bits per heavy atom. The van der Waals surface area contributed by atoms with Crippen LogP contribution < -0.4 is 9.80 Å². The zero-order chi connectivity index (χ0) is 38.4. The van der Waals surface area contributed by atoms with E-state index in [0.717, 1.165) is 58.2 Å². The molecule has 1 aliphatic rings. The van der Waals surface area contributed by atoms with Gasteiger partial charge in [-0.25, -0.2) is 0 Å². The summed E-state index contributed by atoms with van der Waals surface area (Å²) >= 11 is 0. The second kappa shape index (κ2) is 14.2. The average molecular weight is 745 g/mol. The van der Waals surface area contributed by atoms with Crippen LogP contribution in [-0.4, -0.2) is 9.13 Å². The van der Waals surface area contributed by atoms with Gasteiger partial charge in [-0.15, -0.1) is 0 Å². The van der Waals surface area contributed by atoms with Gasteiger partial charge < -0.3 is 18.9 Å². The van der Waals surface area contributed by atoms with Gasteiger partial charge >= 0.3 is 0 Å². The molecule has 0 amide bonds. The van der Waals surface area contributed by atoms with Crippen LogP contribution in [0.25, 0.3) is 55.0 Å². The van der Waals surface area contributed by atoms with E-state index in [2.05, 4.69) is 237 Å². The molecule has 0 N–H and O–H groups in total. The van der Waals surface area contributed by atoms with Gasteiger partial charge in [0.1, 0.15) is 0 Å². The monoisotopic (exact) mass is 744 g/mol. The smallest absolute Gasteiger partial charge is 0.0561 e. The number of fused-ring (bicyclic) bond motifs is 6. The van der Waals surface area contributed by atoms with Crippen LogP contribution in [0, 0.1) is 0 Å². The largest absolute Gasteiger partial charge is 0.311 e. The molecule has 0 aliphatic heterocycles. The normalized spacial score (nSPS) is 12.7. The first-order chi connectivity index (χ1) is 28.8. The highest BCUT2D eigenvalue weighted by atomic mass is 15.2. The zero-order valence-electron chi connectivity index (χ0n) is 32.0. The standard InChI is InChI=1S/C54H40N4/c1-5-18-39(19-6-1)55(40-20-7-2-8-21-40)45-32-34-49-47-28-13-15-30-51(47)57(53(49)37-45)43-26-17-27-44(36-43)58-52-31-16-14-29-48(52)50-35-33-46(38-54(50)58)56(41-22-9-3-10-23-41)42-24-11-4-12-25-42/h1-3,5-11,13-38H,4,12H2. The Morgan fingerprint density at radius 1 is 0.328 bits per heavy atom. The fraction of sp³-hybridized carbons (Fsp3) is 0.0370. The van der Waals surface area contributed by atoms with Crippen LogP contribution >= 0.6 is 0 Å². The quantitative estimate of drug-likeness (QED) is 0.154. The van der Waals surface area contributed by atoms with Crippen molar-refractivity contribution in [2.45, 2.75) is 12.8 Å². The predicted molar refractivity (Wildman–Crippen MR) is 245 cm³/mol. The van der Waals surface area contributed by atoms with E-state index in [1.54, 1.807) is 0 Å². The molecule has 58 heavy (non-hydrogen) atoms. The maximum atomic E-state index is 2.44. The fourth-order valence-corrected chi connectivity index (χ4v) is 8.91. The summed E-state index contributed by atoms with van der Waals surface area (Å²) in [5, 5.41) is 4.92. The SMILES string of the molecule is C1=CC(N(c2ccccc2)c2ccc3c4ccccc4n(-c4cccc(-n5c6ccccc6c6ccc(N(c7ccccc7)c7ccccc7)cc65)c4)c3c2)=CCC1. The third kappa shape index (κ3) is 5.69. The molecule has 0 radical (unpaired) electrons. The lowest BCUT2D eigenvalue weighted by molar-refractivity contribution is 0.997. The van der Waals surface area contributed by atoms with E-state index in [-0.39, 0.29) is 0 Å². The minimum Gasteiger partial charge on any atom is -0.311 e. The number of hydrogen-bond donors (Lipinski definition) is 0. The Bertz CT molecular complexity index is 3130. The molecule has 1 aliphatic carbocycles. The van der Waals surface area contributed by atoms with Crippen LogP contribution in [0.3, 0.4) is 0 Å². The van der Waals surface area contributed by atoms with Gasteiger partial charge in [-0.2, -0.15) is 0 Å². The lowest BCUT2D eigenvalue weighted by Gasteiger charge is -2.28. The van der Waals surface area contributed by atoms with Crippen molar-refractivity contribution in [2.24, 2.45) is 0 Å². The number of hydrogen-bond acceptors (Lipinski definition) is 2. The Morgan fingerprint density at radius 3 is 1.28 bits per heavy atom. The van der Waals surface area contributed by atoms with Gasteiger partial charge in [0.05, 0.1) is 22.1 Å². The van der Waals surface area contributed by atoms with Crippen LogP contribution in [-0.2, 0) is 0 Å². The lowest BCUT2D eigenvalue weighted by atomic mass is 10.1. The number of benzene rings is 8. The van der Waals surface area contributed by atoms with Gasteiger partial charge in [-0.3, -0.25) is 0 Å². The third-order valence-electron chi connectivity index (χ3n) is 11.5. The molecule has 0 atom stereocenters. The zero-order valence-corrected chi connectivity index (χ0v) is 32.0. The lowest BCUT2D eigenvalue weighted by Crippen LogP contribution is -2.16. The highest BCUT2D eigenvalue weighted by molar-refractivity contribution is 6.12. The second-order valence-electron chi connectivity index (χ2n) is 14.9. The number of allylic oxidation sites excluding steroid dienone is 3. The van der Waals surface area contributed by atoms with Gasteiger partial charge in [0.15, 0.2) is 0 Å². The highest BCUT2D eigenvalue weighted by Crippen LogP contribution is 2.41. The number of rotatable bonds is 8. The molecule has 8 aromatic carbocycles. The first kappa shape index (κ1) is 33.8. The number of nitrogens with zero attached hydrogens (tertiary/aromatic N) is 4. The van der Waals surface area contributed by atoms with Crippen molar-refractivity contribution in [1.82, 2.24) is 9.13 Å². The van der Waals surface area contributed by atoms with E-state index in [1.165, 1.54) is 43.8 Å². The molecular formula is C54H40N4. The maximum Gasteiger partial charge on any atom is 0.0561 e. The van der Waals surface area contributed by atoms with E-state index in [1.807, 2.05) is 0 Å². The Labute approximate surface area is 338 Å². The van der Waals surface area contributed by atoms with E-state index >= 15 is 0 Å². The molecule has 276 valence electrons. The molecular weight excluding hydrogens is 705 g/mol. The van der Waals surface area contributed by atoms with Gasteiger partial charge in [0, 0.05) is 67.1 Å². The number of para-hydroxylation sites is 5. The molecule has 0 unspecified atom stereocenters. The van der Waals surface area contributed by atoms with Gasteiger partial charge in [0.25, 0.3) is 0 Å². The van der Waals surface area contributed by atoms with E-state index in [4.69, 9.17) is 0 Å². The van der Waals surface area contributed by atoms with Crippen molar-refractivity contribution < 1.29 is 0 Å². The van der Waals surface area contributed by atoms with Crippen molar-refractivity contribution in [2.75, 3.05) is 9.80 Å². The van der Waals surface area contributed by atoms with Crippen molar-refractivity contribution in [1.29, 1.82) is 0 Å². The highest BCUT2D eigenvalue weighted by Gasteiger charge is 2.21. The summed E-state index contributed by atoms with van der Waals surface area (Å²) in [5.41, 5.74) is 13.7. The molecule has 0 saturated heterocycles.